The summed E-state index contributed by atoms with van der Waals surface area (Å²) in [6.45, 7) is 6.28. The van der Waals surface area contributed by atoms with Crippen molar-refractivity contribution in [3.05, 3.63) is 70.9 Å². The summed E-state index contributed by atoms with van der Waals surface area (Å²) in [5, 5.41) is 12.5. The largest absolute Gasteiger partial charge is 0.489 e. The zero-order valence-electron chi connectivity index (χ0n) is 16.9. The van der Waals surface area contributed by atoms with E-state index in [4.69, 9.17) is 16.3 Å². The van der Waals surface area contributed by atoms with Gasteiger partial charge in [0.2, 0.25) is 0 Å². The summed E-state index contributed by atoms with van der Waals surface area (Å²) in [4.78, 5) is 6.74. The van der Waals surface area contributed by atoms with Gasteiger partial charge < -0.3 is 9.84 Å². The van der Waals surface area contributed by atoms with E-state index >= 15 is 0 Å². The van der Waals surface area contributed by atoms with E-state index in [2.05, 4.69) is 28.1 Å². The Kier molecular flexibility index (Phi) is 6.04. The SMILES string of the molecule is CC(C)Oc1ccc(CN2C[C@@H](Cc3ccnc4ccccc34)[C@@H](O)C2)cc1Cl. The fourth-order valence-electron chi connectivity index (χ4n) is 4.14. The van der Waals surface area contributed by atoms with Crippen LogP contribution in [0.3, 0.4) is 0 Å². The van der Waals surface area contributed by atoms with Gasteiger partial charge in [-0.3, -0.25) is 9.88 Å². The molecule has 0 saturated carbocycles. The molecule has 0 aliphatic carbocycles. The van der Waals surface area contributed by atoms with Crippen molar-refractivity contribution in [1.29, 1.82) is 0 Å². The highest BCUT2D eigenvalue weighted by atomic mass is 35.5. The number of fused-ring (bicyclic) bond motifs is 1. The normalized spacial score (nSPS) is 19.9. The van der Waals surface area contributed by atoms with Crippen LogP contribution in [0.5, 0.6) is 5.75 Å². The fourth-order valence-corrected chi connectivity index (χ4v) is 4.38. The molecule has 0 radical (unpaired) electrons. The molecule has 1 aromatic heterocycles. The van der Waals surface area contributed by atoms with Crippen molar-refractivity contribution in [2.75, 3.05) is 13.1 Å². The lowest BCUT2D eigenvalue weighted by molar-refractivity contribution is 0.141. The van der Waals surface area contributed by atoms with Crippen LogP contribution in [0.2, 0.25) is 5.02 Å². The number of aromatic nitrogens is 1. The first-order chi connectivity index (χ1) is 14.0. The average Bonchev–Trinajstić information content (AvgIpc) is 3.03. The number of aliphatic hydroxyl groups excluding tert-OH is 1. The quantitative estimate of drug-likeness (QED) is 0.639. The van der Waals surface area contributed by atoms with E-state index in [1.165, 1.54) is 10.9 Å². The molecule has 3 aromatic rings. The molecular formula is C24H27ClN2O2. The van der Waals surface area contributed by atoms with Gasteiger partial charge in [0.25, 0.3) is 0 Å². The molecule has 2 atom stereocenters. The van der Waals surface area contributed by atoms with Gasteiger partial charge >= 0.3 is 0 Å². The number of hydrogen-bond acceptors (Lipinski definition) is 4. The van der Waals surface area contributed by atoms with Gasteiger partial charge in [-0.2, -0.15) is 0 Å². The fraction of sp³-hybridized carbons (Fsp3) is 0.375. The van der Waals surface area contributed by atoms with E-state index in [1.54, 1.807) is 0 Å². The number of rotatable bonds is 6. The molecule has 0 amide bonds. The lowest BCUT2D eigenvalue weighted by Gasteiger charge is -2.17. The number of pyridine rings is 1. The van der Waals surface area contributed by atoms with E-state index in [1.807, 2.05) is 50.4 Å². The van der Waals surface area contributed by atoms with Gasteiger partial charge in [-0.25, -0.2) is 0 Å². The Morgan fingerprint density at radius 3 is 2.79 bits per heavy atom. The van der Waals surface area contributed by atoms with Crippen LogP contribution in [-0.4, -0.2) is 40.3 Å². The maximum Gasteiger partial charge on any atom is 0.138 e. The van der Waals surface area contributed by atoms with Crippen LogP contribution in [0, 0.1) is 5.92 Å². The molecule has 0 spiro atoms. The molecule has 1 aliphatic heterocycles. The number of hydrogen-bond donors (Lipinski definition) is 1. The zero-order chi connectivity index (χ0) is 20.4. The summed E-state index contributed by atoms with van der Waals surface area (Å²) in [5.74, 6) is 0.925. The van der Waals surface area contributed by atoms with E-state index in [0.29, 0.717) is 17.3 Å². The third-order valence-corrected chi connectivity index (χ3v) is 5.76. The van der Waals surface area contributed by atoms with Crippen molar-refractivity contribution in [2.45, 2.75) is 39.0 Å². The Bertz CT molecular complexity index is 986. The second kappa shape index (κ2) is 8.70. The van der Waals surface area contributed by atoms with Crippen molar-refractivity contribution in [1.82, 2.24) is 9.88 Å². The summed E-state index contributed by atoms with van der Waals surface area (Å²) >= 11 is 6.38. The molecule has 2 heterocycles. The third-order valence-electron chi connectivity index (χ3n) is 5.47. The van der Waals surface area contributed by atoms with Crippen LogP contribution in [0.15, 0.2) is 54.7 Å². The minimum absolute atomic E-state index is 0.0945. The van der Waals surface area contributed by atoms with E-state index in [9.17, 15) is 5.11 Å². The van der Waals surface area contributed by atoms with E-state index in [-0.39, 0.29) is 18.1 Å². The van der Waals surface area contributed by atoms with Crippen LogP contribution in [0.25, 0.3) is 10.9 Å². The number of halogens is 1. The average molecular weight is 411 g/mol. The number of likely N-dealkylation sites (tertiary alicyclic amines) is 1. The highest BCUT2D eigenvalue weighted by Gasteiger charge is 2.31. The number of aliphatic hydroxyl groups is 1. The molecule has 5 heteroatoms. The molecule has 0 unspecified atom stereocenters. The van der Waals surface area contributed by atoms with Crippen molar-refractivity contribution in [3.63, 3.8) is 0 Å². The minimum atomic E-state index is -0.332. The molecule has 1 fully saturated rings. The van der Waals surface area contributed by atoms with E-state index in [0.717, 1.165) is 30.6 Å². The van der Waals surface area contributed by atoms with Crippen LogP contribution >= 0.6 is 11.6 Å². The third kappa shape index (κ3) is 4.72. The second-order valence-corrected chi connectivity index (χ2v) is 8.55. The smallest absolute Gasteiger partial charge is 0.138 e. The monoisotopic (exact) mass is 410 g/mol. The van der Waals surface area contributed by atoms with Crippen LogP contribution in [0.1, 0.15) is 25.0 Å². The topological polar surface area (TPSA) is 45.6 Å². The van der Waals surface area contributed by atoms with Gasteiger partial charge in [0.1, 0.15) is 5.75 Å². The van der Waals surface area contributed by atoms with Gasteiger partial charge in [-0.15, -0.1) is 0 Å². The standard InChI is InChI=1S/C24H27ClN2O2/c1-16(2)29-24-8-7-17(11-21(24)25)13-27-14-19(23(28)15-27)12-18-9-10-26-22-6-4-3-5-20(18)22/h3-11,16,19,23,28H,12-15H2,1-2H3/t19-,23+/m1/s1. The second-order valence-electron chi connectivity index (χ2n) is 8.14. The lowest BCUT2D eigenvalue weighted by atomic mass is 9.94. The van der Waals surface area contributed by atoms with Crippen LogP contribution in [-0.2, 0) is 13.0 Å². The number of para-hydroxylation sites is 1. The van der Waals surface area contributed by atoms with Crippen LogP contribution in [0.4, 0.5) is 0 Å². The molecule has 29 heavy (non-hydrogen) atoms. The lowest BCUT2D eigenvalue weighted by Crippen LogP contribution is -2.21. The molecule has 1 saturated heterocycles. The summed E-state index contributed by atoms with van der Waals surface area (Å²) in [6, 6.07) is 16.2. The Hall–Kier alpha value is -2.14. The van der Waals surface area contributed by atoms with Crippen molar-refractivity contribution >= 4 is 22.5 Å². The van der Waals surface area contributed by atoms with Gasteiger partial charge in [0, 0.05) is 37.1 Å². The Morgan fingerprint density at radius 2 is 2.00 bits per heavy atom. The Balaban J connectivity index is 1.43. The predicted molar refractivity (Wildman–Crippen MR) is 117 cm³/mol. The first-order valence-electron chi connectivity index (χ1n) is 10.2. The molecule has 4 rings (SSSR count). The maximum atomic E-state index is 10.7. The van der Waals surface area contributed by atoms with Crippen molar-refractivity contribution in [2.24, 2.45) is 5.92 Å². The highest BCUT2D eigenvalue weighted by Crippen LogP contribution is 2.29. The molecule has 2 aromatic carbocycles. The Labute approximate surface area is 177 Å². The summed E-state index contributed by atoms with van der Waals surface area (Å²) < 4.78 is 5.71. The first kappa shape index (κ1) is 20.1. The van der Waals surface area contributed by atoms with E-state index < -0.39 is 0 Å². The molecule has 4 nitrogen and oxygen atoms in total. The first-order valence-corrected chi connectivity index (χ1v) is 10.6. The number of nitrogens with zero attached hydrogens (tertiary/aromatic N) is 2. The van der Waals surface area contributed by atoms with Crippen molar-refractivity contribution in [3.8, 4) is 5.75 Å². The maximum absolute atomic E-state index is 10.7. The molecule has 0 bridgehead atoms. The summed E-state index contributed by atoms with van der Waals surface area (Å²) in [7, 11) is 0. The van der Waals surface area contributed by atoms with Gasteiger partial charge in [0.05, 0.1) is 22.7 Å². The Morgan fingerprint density at radius 1 is 1.17 bits per heavy atom. The summed E-state index contributed by atoms with van der Waals surface area (Å²) in [5.41, 5.74) is 3.39. The number of β-amino-alcohol motifs (C(OH)–C–C–N with tert-alkyl or cyclic N) is 1. The van der Waals surface area contributed by atoms with Gasteiger partial charge in [0.15, 0.2) is 0 Å². The number of benzene rings is 2. The molecule has 152 valence electrons. The predicted octanol–water partition coefficient (Wildman–Crippen LogP) is 4.71. The van der Waals surface area contributed by atoms with Crippen LogP contribution < -0.4 is 4.74 Å². The highest BCUT2D eigenvalue weighted by molar-refractivity contribution is 6.32. The number of ether oxygens (including phenoxy) is 1. The van der Waals surface area contributed by atoms with Gasteiger partial charge in [-0.1, -0.05) is 35.9 Å². The van der Waals surface area contributed by atoms with Crippen molar-refractivity contribution < 1.29 is 9.84 Å². The molecular weight excluding hydrogens is 384 g/mol. The zero-order valence-corrected chi connectivity index (χ0v) is 17.6. The minimum Gasteiger partial charge on any atom is -0.489 e. The molecule has 1 aliphatic rings. The summed E-state index contributed by atoms with van der Waals surface area (Å²) in [6.07, 6.45) is 2.47. The van der Waals surface area contributed by atoms with Gasteiger partial charge in [-0.05, 0) is 55.7 Å². The molecule has 1 N–H and O–H groups in total.